The first-order valence-electron chi connectivity index (χ1n) is 6.23. The number of ether oxygens (including phenoxy) is 1. The van der Waals surface area contributed by atoms with Crippen molar-refractivity contribution in [1.82, 2.24) is 0 Å². The number of methoxy groups -OCH3 is 1. The maximum Gasteiger partial charge on any atom is 0.230 e. The Morgan fingerprint density at radius 3 is 2.39 bits per heavy atom. The standard InChI is InChI=1S/C14H19BrO3/c1-13(2)5-7-14(17-3,8-6-13)12(16)11-10(15)4-9-18-11/h4,9H,5-8H2,1-3H3. The van der Waals surface area contributed by atoms with Gasteiger partial charge in [-0.2, -0.15) is 0 Å². The smallest absolute Gasteiger partial charge is 0.230 e. The van der Waals surface area contributed by atoms with Gasteiger partial charge in [-0.05, 0) is 53.1 Å². The highest BCUT2D eigenvalue weighted by molar-refractivity contribution is 9.10. The Labute approximate surface area is 116 Å². The minimum absolute atomic E-state index is 0.0441. The third-order valence-corrected chi connectivity index (χ3v) is 4.66. The highest BCUT2D eigenvalue weighted by Gasteiger charge is 2.46. The molecule has 1 aromatic heterocycles. The fraction of sp³-hybridized carbons (Fsp3) is 0.643. The maximum absolute atomic E-state index is 12.6. The number of Topliss-reactive ketones (excluding diaryl/α,β-unsaturated/α-hetero) is 1. The predicted molar refractivity (Wildman–Crippen MR) is 72.7 cm³/mol. The van der Waals surface area contributed by atoms with Gasteiger partial charge >= 0.3 is 0 Å². The summed E-state index contributed by atoms with van der Waals surface area (Å²) in [6.07, 6.45) is 5.01. The van der Waals surface area contributed by atoms with E-state index in [1.54, 1.807) is 13.2 Å². The molecule has 0 radical (unpaired) electrons. The molecule has 4 heteroatoms. The van der Waals surface area contributed by atoms with Gasteiger partial charge in [0.2, 0.25) is 5.78 Å². The average Bonchev–Trinajstić information content (AvgIpc) is 2.75. The lowest BCUT2D eigenvalue weighted by atomic mass is 9.69. The summed E-state index contributed by atoms with van der Waals surface area (Å²) in [5.41, 5.74) is -0.418. The first-order valence-corrected chi connectivity index (χ1v) is 7.02. The van der Waals surface area contributed by atoms with Crippen LogP contribution >= 0.6 is 15.9 Å². The first kappa shape index (κ1) is 13.8. The summed E-state index contributed by atoms with van der Waals surface area (Å²) < 4.78 is 11.6. The molecule has 0 N–H and O–H groups in total. The summed E-state index contributed by atoms with van der Waals surface area (Å²) in [6, 6.07) is 1.74. The number of halogens is 1. The molecule has 1 aliphatic carbocycles. The molecular formula is C14H19BrO3. The molecule has 0 aliphatic heterocycles. The number of furan rings is 1. The average molecular weight is 315 g/mol. The number of carbonyl (C=O) groups is 1. The zero-order valence-corrected chi connectivity index (χ0v) is 12.7. The zero-order chi connectivity index (χ0) is 13.4. The monoisotopic (exact) mass is 314 g/mol. The normalized spacial score (nSPS) is 21.8. The van der Waals surface area contributed by atoms with E-state index in [9.17, 15) is 4.79 Å². The molecule has 0 amide bonds. The van der Waals surface area contributed by atoms with Gasteiger partial charge in [0.15, 0.2) is 5.76 Å². The van der Waals surface area contributed by atoms with Gasteiger partial charge in [0, 0.05) is 7.11 Å². The van der Waals surface area contributed by atoms with Crippen LogP contribution in [0.5, 0.6) is 0 Å². The molecule has 0 bridgehead atoms. The van der Waals surface area contributed by atoms with Crippen molar-refractivity contribution in [3.05, 3.63) is 22.6 Å². The third-order valence-electron chi connectivity index (χ3n) is 4.04. The van der Waals surface area contributed by atoms with Gasteiger partial charge < -0.3 is 9.15 Å². The van der Waals surface area contributed by atoms with Crippen LogP contribution in [-0.4, -0.2) is 18.5 Å². The van der Waals surface area contributed by atoms with Crippen LogP contribution in [0, 0.1) is 5.41 Å². The van der Waals surface area contributed by atoms with Crippen LogP contribution in [0.2, 0.25) is 0 Å². The van der Waals surface area contributed by atoms with Crippen molar-refractivity contribution in [2.24, 2.45) is 5.41 Å². The highest BCUT2D eigenvalue weighted by atomic mass is 79.9. The van der Waals surface area contributed by atoms with Crippen molar-refractivity contribution < 1.29 is 13.9 Å². The Balaban J connectivity index is 2.24. The maximum atomic E-state index is 12.6. The Morgan fingerprint density at radius 1 is 1.33 bits per heavy atom. The Kier molecular flexibility index (Phi) is 3.70. The van der Waals surface area contributed by atoms with Gasteiger partial charge in [0.25, 0.3) is 0 Å². The van der Waals surface area contributed by atoms with E-state index < -0.39 is 5.60 Å². The van der Waals surface area contributed by atoms with Crippen LogP contribution in [0.4, 0.5) is 0 Å². The molecular weight excluding hydrogens is 296 g/mol. The second-order valence-electron chi connectivity index (χ2n) is 5.79. The molecule has 100 valence electrons. The van der Waals surface area contributed by atoms with E-state index in [2.05, 4.69) is 29.8 Å². The summed E-state index contributed by atoms with van der Waals surface area (Å²) in [6.45, 7) is 4.47. The molecule has 2 rings (SSSR count). The van der Waals surface area contributed by atoms with Crippen molar-refractivity contribution in [3.63, 3.8) is 0 Å². The SMILES string of the molecule is COC1(C(=O)c2occc2Br)CCC(C)(C)CC1. The van der Waals surface area contributed by atoms with Crippen molar-refractivity contribution in [2.45, 2.75) is 45.1 Å². The summed E-state index contributed by atoms with van der Waals surface area (Å²) in [7, 11) is 1.62. The van der Waals surface area contributed by atoms with Gasteiger partial charge in [-0.15, -0.1) is 0 Å². The second-order valence-corrected chi connectivity index (χ2v) is 6.64. The van der Waals surface area contributed by atoms with E-state index >= 15 is 0 Å². The van der Waals surface area contributed by atoms with Gasteiger partial charge in [-0.25, -0.2) is 0 Å². The molecule has 0 unspecified atom stereocenters. The molecule has 0 aromatic carbocycles. The number of hydrogen-bond donors (Lipinski definition) is 0. The predicted octanol–water partition coefficient (Wildman–Crippen LogP) is 4.21. The van der Waals surface area contributed by atoms with E-state index in [4.69, 9.17) is 9.15 Å². The van der Waals surface area contributed by atoms with E-state index in [1.165, 1.54) is 6.26 Å². The summed E-state index contributed by atoms with van der Waals surface area (Å²) in [5, 5.41) is 0. The lowest BCUT2D eigenvalue weighted by Gasteiger charge is -2.41. The second kappa shape index (κ2) is 4.82. The van der Waals surface area contributed by atoms with Gasteiger partial charge in [0.05, 0.1) is 10.7 Å². The minimum Gasteiger partial charge on any atom is -0.460 e. The largest absolute Gasteiger partial charge is 0.460 e. The number of carbonyl (C=O) groups excluding carboxylic acids is 1. The quantitative estimate of drug-likeness (QED) is 0.784. The molecule has 0 atom stereocenters. The van der Waals surface area contributed by atoms with Gasteiger partial charge in [-0.3, -0.25) is 4.79 Å². The van der Waals surface area contributed by atoms with Crippen LogP contribution in [0.3, 0.4) is 0 Å². The summed E-state index contributed by atoms with van der Waals surface area (Å²) >= 11 is 3.34. The van der Waals surface area contributed by atoms with Crippen LogP contribution in [0.25, 0.3) is 0 Å². The molecule has 1 aromatic rings. The van der Waals surface area contributed by atoms with Crippen LogP contribution in [0.1, 0.15) is 50.1 Å². The van der Waals surface area contributed by atoms with Crippen molar-refractivity contribution in [1.29, 1.82) is 0 Å². The highest BCUT2D eigenvalue weighted by Crippen LogP contribution is 2.43. The Hall–Kier alpha value is -0.610. The van der Waals surface area contributed by atoms with Crippen LogP contribution in [-0.2, 0) is 4.74 Å². The van der Waals surface area contributed by atoms with E-state index in [0.717, 1.165) is 25.7 Å². The molecule has 3 nitrogen and oxygen atoms in total. The van der Waals surface area contributed by atoms with Crippen molar-refractivity contribution in [2.75, 3.05) is 7.11 Å². The van der Waals surface area contributed by atoms with Gasteiger partial charge in [-0.1, -0.05) is 13.8 Å². The molecule has 1 fully saturated rings. The molecule has 0 spiro atoms. The topological polar surface area (TPSA) is 39.4 Å². The fourth-order valence-corrected chi connectivity index (χ4v) is 2.90. The molecule has 1 aliphatic rings. The summed E-state index contributed by atoms with van der Waals surface area (Å²) in [5.74, 6) is 0.328. The molecule has 1 heterocycles. The molecule has 18 heavy (non-hydrogen) atoms. The lowest BCUT2D eigenvalue weighted by Crippen LogP contribution is -2.45. The number of ketones is 1. The van der Waals surface area contributed by atoms with E-state index in [-0.39, 0.29) is 5.78 Å². The zero-order valence-electron chi connectivity index (χ0n) is 11.1. The van der Waals surface area contributed by atoms with Crippen molar-refractivity contribution >= 4 is 21.7 Å². The Bertz CT molecular complexity index is 438. The fourth-order valence-electron chi connectivity index (χ4n) is 2.52. The number of hydrogen-bond acceptors (Lipinski definition) is 3. The van der Waals surface area contributed by atoms with Crippen LogP contribution < -0.4 is 0 Å². The molecule has 0 saturated heterocycles. The minimum atomic E-state index is -0.712. The lowest BCUT2D eigenvalue weighted by molar-refractivity contribution is -0.0398. The molecule has 1 saturated carbocycles. The summed E-state index contributed by atoms with van der Waals surface area (Å²) in [4.78, 5) is 12.6. The first-order chi connectivity index (χ1) is 8.40. The van der Waals surface area contributed by atoms with Crippen molar-refractivity contribution in [3.8, 4) is 0 Å². The third kappa shape index (κ3) is 2.41. The Morgan fingerprint density at radius 2 is 1.94 bits per heavy atom. The van der Waals surface area contributed by atoms with Gasteiger partial charge in [0.1, 0.15) is 5.60 Å². The van der Waals surface area contributed by atoms with Crippen LogP contribution in [0.15, 0.2) is 21.2 Å². The number of rotatable bonds is 3. The van der Waals surface area contributed by atoms with E-state index in [0.29, 0.717) is 15.6 Å². The van der Waals surface area contributed by atoms with E-state index in [1.807, 2.05) is 0 Å².